The van der Waals surface area contributed by atoms with Crippen LogP contribution in [0.2, 0.25) is 0 Å². The Morgan fingerprint density at radius 2 is 2.22 bits per heavy atom. The minimum Gasteiger partial charge on any atom is -0.480 e. The summed E-state index contributed by atoms with van der Waals surface area (Å²) in [4.78, 5) is 24.1. The molecule has 0 amide bonds. The Kier molecular flexibility index (Phi) is 3.30. The fourth-order valence-electron chi connectivity index (χ4n) is 2.02. The van der Waals surface area contributed by atoms with Crippen LogP contribution in [0.15, 0.2) is 9.00 Å². The van der Waals surface area contributed by atoms with E-state index in [1.807, 2.05) is 0 Å². The zero-order chi connectivity index (χ0) is 13.5. The third-order valence-electron chi connectivity index (χ3n) is 2.81. The number of aliphatic carboxylic acids is 1. The second-order valence-electron chi connectivity index (χ2n) is 4.04. The van der Waals surface area contributed by atoms with Crippen LogP contribution in [0.5, 0.6) is 0 Å². The highest BCUT2D eigenvalue weighted by Crippen LogP contribution is 2.28. The Morgan fingerprint density at radius 1 is 1.56 bits per heavy atom. The number of sulfonamides is 1. The molecule has 0 aromatic carbocycles. The lowest BCUT2D eigenvalue weighted by molar-refractivity contribution is -0.140. The molecule has 2 heterocycles. The van der Waals surface area contributed by atoms with Crippen molar-refractivity contribution in [2.24, 2.45) is 0 Å². The van der Waals surface area contributed by atoms with Gasteiger partial charge in [0.05, 0.1) is 0 Å². The molecule has 0 saturated carbocycles. The number of aromatic nitrogens is 1. The maximum Gasteiger partial charge on any atom is 0.322 e. The van der Waals surface area contributed by atoms with E-state index in [0.717, 1.165) is 4.31 Å². The minimum absolute atomic E-state index is 0.0966. The van der Waals surface area contributed by atoms with Crippen LogP contribution >= 0.6 is 11.3 Å². The van der Waals surface area contributed by atoms with Gasteiger partial charge in [-0.15, -0.1) is 0 Å². The quantitative estimate of drug-likeness (QED) is 0.814. The van der Waals surface area contributed by atoms with Crippen molar-refractivity contribution in [1.29, 1.82) is 0 Å². The van der Waals surface area contributed by atoms with E-state index in [1.54, 1.807) is 0 Å². The van der Waals surface area contributed by atoms with E-state index in [0.29, 0.717) is 24.2 Å². The molecule has 0 unspecified atom stereocenters. The number of hydrogen-bond donors (Lipinski definition) is 2. The van der Waals surface area contributed by atoms with Gasteiger partial charge in [-0.2, -0.15) is 4.31 Å². The van der Waals surface area contributed by atoms with Crippen molar-refractivity contribution in [3.63, 3.8) is 0 Å². The van der Waals surface area contributed by atoms with E-state index in [1.165, 1.54) is 6.92 Å². The molecule has 2 rings (SSSR count). The van der Waals surface area contributed by atoms with Gasteiger partial charge in [0.2, 0.25) is 0 Å². The lowest BCUT2D eigenvalue weighted by Crippen LogP contribution is -2.40. The number of rotatable bonds is 3. The molecule has 18 heavy (non-hydrogen) atoms. The Bertz CT molecular complexity index is 630. The number of carboxylic acid groups (broad SMARTS) is 1. The van der Waals surface area contributed by atoms with Crippen molar-refractivity contribution in [3.8, 4) is 0 Å². The van der Waals surface area contributed by atoms with Gasteiger partial charge in [-0.05, 0) is 19.8 Å². The lowest BCUT2D eigenvalue weighted by atomic mass is 10.2. The van der Waals surface area contributed by atoms with Crippen LogP contribution in [-0.4, -0.2) is 41.4 Å². The average Bonchev–Trinajstić information content (AvgIpc) is 2.84. The molecule has 1 aromatic rings. The second-order valence-corrected chi connectivity index (χ2v) is 7.11. The van der Waals surface area contributed by atoms with Crippen LogP contribution in [0.25, 0.3) is 0 Å². The predicted molar refractivity (Wildman–Crippen MR) is 64.2 cm³/mol. The van der Waals surface area contributed by atoms with E-state index in [2.05, 4.69) is 4.98 Å². The van der Waals surface area contributed by atoms with Gasteiger partial charge in [0.15, 0.2) is 4.21 Å². The molecule has 7 nitrogen and oxygen atoms in total. The summed E-state index contributed by atoms with van der Waals surface area (Å²) in [5.41, 5.74) is 0.251. The molecular formula is C9H12N2O5S2. The number of aromatic amines is 1. The minimum atomic E-state index is -3.90. The largest absolute Gasteiger partial charge is 0.480 e. The first kappa shape index (κ1) is 13.2. The topological polar surface area (TPSA) is 108 Å². The van der Waals surface area contributed by atoms with Crippen molar-refractivity contribution in [1.82, 2.24) is 9.29 Å². The Morgan fingerprint density at radius 3 is 2.72 bits per heavy atom. The lowest BCUT2D eigenvalue weighted by Gasteiger charge is -2.20. The van der Waals surface area contributed by atoms with Gasteiger partial charge in [-0.3, -0.25) is 9.59 Å². The number of carboxylic acids is 1. The monoisotopic (exact) mass is 292 g/mol. The molecule has 100 valence electrons. The van der Waals surface area contributed by atoms with E-state index in [-0.39, 0.29) is 16.4 Å². The number of thiazole rings is 1. The molecular weight excluding hydrogens is 280 g/mol. The molecule has 0 spiro atoms. The fourth-order valence-corrected chi connectivity index (χ4v) is 5.08. The normalized spacial score (nSPS) is 21.3. The highest BCUT2D eigenvalue weighted by Gasteiger charge is 2.40. The van der Waals surface area contributed by atoms with Crippen LogP contribution in [0, 0.1) is 6.92 Å². The SMILES string of the molecule is Cc1[nH]c(=O)sc1S(=O)(=O)N1CCC[C@H]1C(=O)O. The molecule has 1 atom stereocenters. The van der Waals surface area contributed by atoms with E-state index in [4.69, 9.17) is 5.11 Å². The van der Waals surface area contributed by atoms with E-state index in [9.17, 15) is 18.0 Å². The summed E-state index contributed by atoms with van der Waals surface area (Å²) in [6.07, 6.45) is 0.807. The zero-order valence-electron chi connectivity index (χ0n) is 9.54. The Hall–Kier alpha value is -1.19. The summed E-state index contributed by atoms with van der Waals surface area (Å²) in [7, 11) is -3.90. The van der Waals surface area contributed by atoms with Crippen molar-refractivity contribution in [2.45, 2.75) is 30.0 Å². The fraction of sp³-hybridized carbons (Fsp3) is 0.556. The van der Waals surface area contributed by atoms with Crippen molar-refractivity contribution < 1.29 is 18.3 Å². The average molecular weight is 292 g/mol. The summed E-state index contributed by atoms with van der Waals surface area (Å²) >= 11 is 0.588. The summed E-state index contributed by atoms with van der Waals surface area (Å²) in [6.45, 7) is 1.65. The number of nitrogens with zero attached hydrogens (tertiary/aromatic N) is 1. The number of carbonyl (C=O) groups is 1. The summed E-state index contributed by atoms with van der Waals surface area (Å²) in [6, 6.07) is -1.04. The van der Waals surface area contributed by atoms with Crippen LogP contribution in [0.4, 0.5) is 0 Å². The number of aryl methyl sites for hydroxylation is 1. The summed E-state index contributed by atoms with van der Waals surface area (Å²) in [5.74, 6) is -1.16. The first-order chi connectivity index (χ1) is 8.34. The third-order valence-corrected chi connectivity index (χ3v) is 6.30. The highest BCUT2D eigenvalue weighted by atomic mass is 32.2. The molecule has 1 aliphatic heterocycles. The standard InChI is InChI=1S/C9H12N2O5S2/c1-5-8(17-9(14)10-5)18(15,16)11-4-2-3-6(11)7(12)13/h6H,2-4H2,1H3,(H,10,14)(H,12,13)/t6-/m0/s1. The van der Waals surface area contributed by atoms with Crippen LogP contribution in [0.3, 0.4) is 0 Å². The third kappa shape index (κ3) is 2.08. The molecule has 1 saturated heterocycles. The molecule has 2 N–H and O–H groups in total. The van der Waals surface area contributed by atoms with Gasteiger partial charge in [-0.1, -0.05) is 11.3 Å². The predicted octanol–water partition coefficient (Wildman–Crippen LogP) is -0.0175. The van der Waals surface area contributed by atoms with E-state index >= 15 is 0 Å². The Labute approximate surface area is 107 Å². The molecule has 1 fully saturated rings. The Balaban J connectivity index is 2.46. The number of H-pyrrole nitrogens is 1. The molecule has 9 heteroatoms. The van der Waals surface area contributed by atoms with Gasteiger partial charge in [0, 0.05) is 12.2 Å². The van der Waals surface area contributed by atoms with E-state index < -0.39 is 26.9 Å². The van der Waals surface area contributed by atoms with Gasteiger partial charge in [0.1, 0.15) is 6.04 Å². The summed E-state index contributed by atoms with van der Waals surface area (Å²) in [5, 5.41) is 9.00. The highest BCUT2D eigenvalue weighted by molar-refractivity contribution is 7.91. The smallest absolute Gasteiger partial charge is 0.322 e. The van der Waals surface area contributed by atoms with Gasteiger partial charge < -0.3 is 10.1 Å². The van der Waals surface area contributed by atoms with Crippen LogP contribution in [-0.2, 0) is 14.8 Å². The van der Waals surface area contributed by atoms with Crippen molar-refractivity contribution in [2.75, 3.05) is 6.54 Å². The zero-order valence-corrected chi connectivity index (χ0v) is 11.2. The van der Waals surface area contributed by atoms with Gasteiger partial charge in [-0.25, -0.2) is 8.42 Å². The second kappa shape index (κ2) is 4.48. The molecule has 1 aromatic heterocycles. The number of nitrogens with one attached hydrogen (secondary N) is 1. The van der Waals surface area contributed by atoms with Gasteiger partial charge >= 0.3 is 10.8 Å². The summed E-state index contributed by atoms with van der Waals surface area (Å²) < 4.78 is 25.5. The first-order valence-corrected chi connectivity index (χ1v) is 7.54. The van der Waals surface area contributed by atoms with Crippen LogP contribution < -0.4 is 4.87 Å². The molecule has 0 radical (unpaired) electrons. The van der Waals surface area contributed by atoms with Crippen molar-refractivity contribution in [3.05, 3.63) is 15.4 Å². The maximum absolute atomic E-state index is 12.3. The van der Waals surface area contributed by atoms with Crippen LogP contribution in [0.1, 0.15) is 18.5 Å². The van der Waals surface area contributed by atoms with Crippen molar-refractivity contribution >= 4 is 27.3 Å². The molecule has 1 aliphatic rings. The maximum atomic E-state index is 12.3. The van der Waals surface area contributed by atoms with Gasteiger partial charge in [0.25, 0.3) is 10.0 Å². The number of hydrogen-bond acceptors (Lipinski definition) is 5. The molecule has 0 aliphatic carbocycles. The first-order valence-electron chi connectivity index (χ1n) is 5.28. The molecule has 0 bridgehead atoms.